The summed E-state index contributed by atoms with van der Waals surface area (Å²) in [7, 11) is 0. The van der Waals surface area contributed by atoms with Crippen molar-refractivity contribution in [1.82, 2.24) is 16.0 Å². The van der Waals surface area contributed by atoms with Crippen LogP contribution in [0.4, 0.5) is 0 Å². The Labute approximate surface area is 204 Å². The first-order chi connectivity index (χ1) is 15.7. The molecule has 0 radical (unpaired) electrons. The van der Waals surface area contributed by atoms with Crippen LogP contribution in [-0.2, 0) is 25.6 Å². The van der Waals surface area contributed by atoms with Gasteiger partial charge in [0.2, 0.25) is 17.7 Å². The fraction of sp³-hybridized carbons (Fsp3) is 0.524. The van der Waals surface area contributed by atoms with Crippen LogP contribution >= 0.6 is 25.3 Å². The number of benzene rings is 1. The Balaban J connectivity index is 2.79. The number of carbonyl (C=O) groups is 4. The predicted octanol–water partition coefficient (Wildman–Crippen LogP) is -0.916. The molecule has 1 rings (SSSR count). The highest BCUT2D eigenvalue weighted by Crippen LogP contribution is 2.05. The van der Waals surface area contributed by atoms with Gasteiger partial charge in [-0.2, -0.15) is 25.3 Å². The molecular weight excluding hydrogens is 466 g/mol. The quantitative estimate of drug-likeness (QED) is 0.114. The molecule has 0 aliphatic rings. The maximum atomic E-state index is 12.8. The Morgan fingerprint density at radius 2 is 1.39 bits per heavy atom. The number of unbranched alkanes of at least 4 members (excludes halogenated alkanes) is 1. The number of nitrogens with two attached hydrogens (primary N) is 2. The molecule has 1 aromatic rings. The smallest absolute Gasteiger partial charge is 0.327 e. The van der Waals surface area contributed by atoms with Gasteiger partial charge in [-0.25, -0.2) is 4.79 Å². The molecule has 12 heteroatoms. The number of rotatable bonds is 15. The van der Waals surface area contributed by atoms with E-state index < -0.39 is 47.9 Å². The van der Waals surface area contributed by atoms with Gasteiger partial charge in [0.1, 0.15) is 18.1 Å². The minimum Gasteiger partial charge on any atom is -0.480 e. The largest absolute Gasteiger partial charge is 0.480 e. The third kappa shape index (κ3) is 10.5. The van der Waals surface area contributed by atoms with Crippen molar-refractivity contribution in [2.24, 2.45) is 11.5 Å². The van der Waals surface area contributed by atoms with Crippen LogP contribution in [0, 0.1) is 0 Å². The van der Waals surface area contributed by atoms with E-state index in [9.17, 15) is 19.2 Å². The van der Waals surface area contributed by atoms with Gasteiger partial charge in [0, 0.05) is 11.5 Å². The number of nitrogens with one attached hydrogen (secondary N) is 3. The van der Waals surface area contributed by atoms with Gasteiger partial charge < -0.3 is 32.5 Å². The first-order valence-corrected chi connectivity index (χ1v) is 11.8. The lowest BCUT2D eigenvalue weighted by Crippen LogP contribution is -2.58. The van der Waals surface area contributed by atoms with Gasteiger partial charge in [0.15, 0.2) is 0 Å². The Morgan fingerprint density at radius 3 is 1.94 bits per heavy atom. The Morgan fingerprint density at radius 1 is 0.848 bits per heavy atom. The predicted molar refractivity (Wildman–Crippen MR) is 132 cm³/mol. The normalized spacial score (nSPS) is 14.4. The van der Waals surface area contributed by atoms with E-state index in [1.165, 1.54) is 0 Å². The van der Waals surface area contributed by atoms with Crippen molar-refractivity contribution in [2.75, 3.05) is 18.1 Å². The zero-order chi connectivity index (χ0) is 24.8. The number of carbonyl (C=O) groups excluding carboxylic acids is 3. The van der Waals surface area contributed by atoms with E-state index in [1.54, 1.807) is 0 Å². The number of carboxylic acids is 1. The lowest BCUT2D eigenvalue weighted by molar-refractivity contribution is -0.141. The van der Waals surface area contributed by atoms with Gasteiger partial charge in [-0.15, -0.1) is 0 Å². The second-order valence-corrected chi connectivity index (χ2v) is 8.20. The highest BCUT2D eigenvalue weighted by Gasteiger charge is 2.29. The van der Waals surface area contributed by atoms with Crippen molar-refractivity contribution < 1.29 is 24.3 Å². The van der Waals surface area contributed by atoms with Crippen molar-refractivity contribution in [3.8, 4) is 0 Å². The molecular formula is C21H33N5O5S2. The van der Waals surface area contributed by atoms with Gasteiger partial charge in [0.25, 0.3) is 0 Å². The van der Waals surface area contributed by atoms with Crippen molar-refractivity contribution in [3.05, 3.63) is 35.9 Å². The molecule has 4 atom stereocenters. The van der Waals surface area contributed by atoms with Crippen LogP contribution in [0.25, 0.3) is 0 Å². The molecule has 0 heterocycles. The Bertz CT molecular complexity index is 784. The van der Waals surface area contributed by atoms with E-state index in [1.807, 2.05) is 30.3 Å². The summed E-state index contributed by atoms with van der Waals surface area (Å²) >= 11 is 8.06. The van der Waals surface area contributed by atoms with Gasteiger partial charge in [-0.1, -0.05) is 30.3 Å². The third-order valence-electron chi connectivity index (χ3n) is 4.83. The van der Waals surface area contributed by atoms with Gasteiger partial charge in [-0.05, 0) is 37.8 Å². The average molecular weight is 500 g/mol. The summed E-state index contributed by atoms with van der Waals surface area (Å²) in [5.41, 5.74) is 12.3. The Hall–Kier alpha value is -2.28. The second kappa shape index (κ2) is 15.5. The van der Waals surface area contributed by atoms with Crippen LogP contribution in [0.3, 0.4) is 0 Å². The van der Waals surface area contributed by atoms with E-state index in [2.05, 4.69) is 41.2 Å². The number of hydrogen-bond donors (Lipinski definition) is 8. The Kier molecular flexibility index (Phi) is 13.5. The number of amides is 3. The van der Waals surface area contributed by atoms with Crippen molar-refractivity contribution >= 4 is 48.9 Å². The highest BCUT2D eigenvalue weighted by atomic mass is 32.1. The zero-order valence-corrected chi connectivity index (χ0v) is 20.1. The second-order valence-electron chi connectivity index (χ2n) is 7.47. The first-order valence-electron chi connectivity index (χ1n) is 10.6. The van der Waals surface area contributed by atoms with E-state index in [0.717, 1.165) is 5.56 Å². The molecule has 3 amide bonds. The molecule has 0 saturated heterocycles. The molecule has 0 fully saturated rings. The van der Waals surface area contributed by atoms with E-state index >= 15 is 0 Å². The summed E-state index contributed by atoms with van der Waals surface area (Å²) < 4.78 is 0. The van der Waals surface area contributed by atoms with Gasteiger partial charge in [0.05, 0.1) is 6.04 Å². The minimum absolute atomic E-state index is 0.0266. The summed E-state index contributed by atoms with van der Waals surface area (Å²) in [4.78, 5) is 49.1. The summed E-state index contributed by atoms with van der Waals surface area (Å²) in [6.45, 7) is 0.408. The van der Waals surface area contributed by atoms with Crippen LogP contribution < -0.4 is 27.4 Å². The number of thiol groups is 2. The van der Waals surface area contributed by atoms with Crippen molar-refractivity contribution in [2.45, 2.75) is 49.9 Å². The summed E-state index contributed by atoms with van der Waals surface area (Å²) in [6.07, 6.45) is 1.69. The maximum absolute atomic E-state index is 12.8. The monoisotopic (exact) mass is 499 g/mol. The maximum Gasteiger partial charge on any atom is 0.327 e. The molecule has 33 heavy (non-hydrogen) atoms. The third-order valence-corrected chi connectivity index (χ3v) is 5.56. The highest BCUT2D eigenvalue weighted by molar-refractivity contribution is 7.80. The van der Waals surface area contributed by atoms with Crippen LogP contribution in [0.15, 0.2) is 30.3 Å². The molecule has 0 aliphatic heterocycles. The number of hydrogen-bond acceptors (Lipinski definition) is 8. The van der Waals surface area contributed by atoms with E-state index in [4.69, 9.17) is 16.6 Å². The lowest BCUT2D eigenvalue weighted by atomic mass is 10.1. The number of carboxylic acid groups (broad SMARTS) is 1. The van der Waals surface area contributed by atoms with E-state index in [-0.39, 0.29) is 24.3 Å². The van der Waals surface area contributed by atoms with Crippen LogP contribution in [0.5, 0.6) is 0 Å². The summed E-state index contributed by atoms with van der Waals surface area (Å²) in [6, 6.07) is 5.08. The molecule has 0 saturated carbocycles. The average Bonchev–Trinajstić information content (AvgIpc) is 2.80. The zero-order valence-electron chi connectivity index (χ0n) is 18.3. The van der Waals surface area contributed by atoms with Crippen LogP contribution in [-0.4, -0.2) is 71.0 Å². The van der Waals surface area contributed by atoms with Gasteiger partial charge in [-0.3, -0.25) is 14.4 Å². The molecule has 0 aromatic heterocycles. The molecule has 8 N–H and O–H groups in total. The molecule has 0 aliphatic carbocycles. The molecule has 0 spiro atoms. The molecule has 10 nitrogen and oxygen atoms in total. The number of aliphatic carboxylic acids is 1. The van der Waals surface area contributed by atoms with Crippen molar-refractivity contribution in [3.63, 3.8) is 0 Å². The van der Waals surface area contributed by atoms with Crippen LogP contribution in [0.2, 0.25) is 0 Å². The topological polar surface area (TPSA) is 177 Å². The minimum atomic E-state index is -1.24. The summed E-state index contributed by atoms with van der Waals surface area (Å²) in [5.74, 6) is -3.19. The van der Waals surface area contributed by atoms with Gasteiger partial charge >= 0.3 is 5.97 Å². The molecule has 4 unspecified atom stereocenters. The molecule has 1 aromatic carbocycles. The lowest BCUT2D eigenvalue weighted by Gasteiger charge is -2.24. The summed E-state index contributed by atoms with van der Waals surface area (Å²) in [5, 5.41) is 16.6. The fourth-order valence-corrected chi connectivity index (χ4v) is 3.43. The first kappa shape index (κ1) is 28.8. The SMILES string of the molecule is NCCCCC(NC(=O)C(CS)NC(=O)C(N)Cc1ccccc1)C(=O)NC(CS)C(=O)O. The molecule has 0 bridgehead atoms. The van der Waals surface area contributed by atoms with Crippen LogP contribution in [0.1, 0.15) is 24.8 Å². The van der Waals surface area contributed by atoms with E-state index in [0.29, 0.717) is 19.4 Å². The van der Waals surface area contributed by atoms with Crippen molar-refractivity contribution in [1.29, 1.82) is 0 Å². The standard InChI is InChI=1S/C21H33N5O5S2/c22-9-5-4-8-15(19(28)26-17(12-33)21(30)31)24-20(29)16(11-32)25-18(27)14(23)10-13-6-2-1-3-7-13/h1-3,6-7,14-17,32-33H,4-5,8-12,22-23H2,(H,24,29)(H,25,27)(H,26,28)(H,30,31). The molecule has 184 valence electrons. The fourth-order valence-electron chi connectivity index (χ4n) is 2.93.